The summed E-state index contributed by atoms with van der Waals surface area (Å²) < 4.78 is 13.1. The van der Waals surface area contributed by atoms with E-state index < -0.39 is 11.3 Å². The first-order chi connectivity index (χ1) is 8.91. The predicted molar refractivity (Wildman–Crippen MR) is 70.4 cm³/mol. The van der Waals surface area contributed by atoms with Gasteiger partial charge in [0.1, 0.15) is 11.4 Å². The van der Waals surface area contributed by atoms with Crippen LogP contribution in [0.15, 0.2) is 29.2 Å². The zero-order valence-corrected chi connectivity index (χ0v) is 10.6. The normalized spacial score (nSPS) is 10.5. The van der Waals surface area contributed by atoms with Crippen molar-refractivity contribution >= 4 is 5.91 Å². The number of hydrogen-bond donors (Lipinski definition) is 2. The number of benzene rings is 1. The Kier molecular flexibility index (Phi) is 3.21. The number of H-pyrrole nitrogens is 1. The van der Waals surface area contributed by atoms with Gasteiger partial charge >= 0.3 is 0 Å². The van der Waals surface area contributed by atoms with Crippen LogP contribution in [0.2, 0.25) is 0 Å². The number of halogens is 1. The van der Waals surface area contributed by atoms with Crippen molar-refractivity contribution in [2.24, 2.45) is 5.73 Å². The van der Waals surface area contributed by atoms with Crippen molar-refractivity contribution in [1.29, 1.82) is 0 Å². The number of nitrogens with one attached hydrogen (secondary N) is 1. The van der Waals surface area contributed by atoms with Crippen LogP contribution in [0.3, 0.4) is 0 Å². The van der Waals surface area contributed by atoms with E-state index in [1.807, 2.05) is 0 Å². The molecule has 0 fully saturated rings. The van der Waals surface area contributed by atoms with E-state index in [-0.39, 0.29) is 11.4 Å². The number of aromatic amines is 1. The van der Waals surface area contributed by atoms with E-state index in [4.69, 9.17) is 5.73 Å². The molecule has 1 aromatic heterocycles. The molecule has 0 unspecified atom stereocenters. The number of nitrogens with two attached hydrogens (primary N) is 1. The Morgan fingerprint density at radius 3 is 2.58 bits per heavy atom. The van der Waals surface area contributed by atoms with Gasteiger partial charge in [-0.05, 0) is 37.1 Å². The second kappa shape index (κ2) is 4.68. The molecule has 0 aliphatic carbocycles. The first-order valence-electron chi connectivity index (χ1n) is 5.70. The lowest BCUT2D eigenvalue weighted by Gasteiger charge is -2.09. The van der Waals surface area contributed by atoms with Crippen LogP contribution < -0.4 is 11.2 Å². The molecule has 3 N–H and O–H groups in total. The van der Waals surface area contributed by atoms with Crippen molar-refractivity contribution in [3.8, 4) is 11.1 Å². The summed E-state index contributed by atoms with van der Waals surface area (Å²) >= 11 is 0. The molecule has 1 aromatic carbocycles. The Hall–Kier alpha value is -2.43. The third kappa shape index (κ3) is 2.27. The molecule has 1 heterocycles. The molecule has 0 radical (unpaired) electrons. The maximum Gasteiger partial charge on any atom is 0.254 e. The van der Waals surface area contributed by atoms with Crippen LogP contribution in [0, 0.1) is 19.7 Å². The molecular weight excluding hydrogens is 247 g/mol. The molecule has 98 valence electrons. The summed E-state index contributed by atoms with van der Waals surface area (Å²) in [5.41, 5.74) is 6.75. The van der Waals surface area contributed by atoms with Gasteiger partial charge in [0.15, 0.2) is 0 Å². The average Bonchev–Trinajstić information content (AvgIpc) is 2.31. The maximum atomic E-state index is 13.1. The monoisotopic (exact) mass is 260 g/mol. The summed E-state index contributed by atoms with van der Waals surface area (Å²) in [5, 5.41) is 0. The Bertz CT molecular complexity index is 720. The summed E-state index contributed by atoms with van der Waals surface area (Å²) in [6, 6.07) is 4.14. The van der Waals surface area contributed by atoms with Crippen LogP contribution in [-0.2, 0) is 0 Å². The second-order valence-electron chi connectivity index (χ2n) is 4.35. The first-order valence-corrected chi connectivity index (χ1v) is 5.70. The molecule has 0 aliphatic heterocycles. The van der Waals surface area contributed by atoms with Crippen LogP contribution in [0.5, 0.6) is 0 Å². The van der Waals surface area contributed by atoms with Gasteiger partial charge in [-0.2, -0.15) is 0 Å². The summed E-state index contributed by atoms with van der Waals surface area (Å²) in [4.78, 5) is 26.3. The molecule has 19 heavy (non-hydrogen) atoms. The molecule has 0 aliphatic rings. The van der Waals surface area contributed by atoms with Crippen molar-refractivity contribution in [3.05, 3.63) is 57.3 Å². The number of carbonyl (C=O) groups excluding carboxylic acids is 1. The van der Waals surface area contributed by atoms with Crippen molar-refractivity contribution in [2.75, 3.05) is 0 Å². The van der Waals surface area contributed by atoms with Gasteiger partial charge < -0.3 is 10.7 Å². The molecule has 0 saturated carbocycles. The highest BCUT2D eigenvalue weighted by atomic mass is 19.1. The lowest BCUT2D eigenvalue weighted by atomic mass is 9.97. The molecule has 5 heteroatoms. The number of aromatic nitrogens is 1. The van der Waals surface area contributed by atoms with Crippen LogP contribution >= 0.6 is 0 Å². The van der Waals surface area contributed by atoms with Gasteiger partial charge in [-0.3, -0.25) is 9.59 Å². The number of carbonyl (C=O) groups is 1. The fraction of sp³-hybridized carbons (Fsp3) is 0.143. The summed E-state index contributed by atoms with van der Waals surface area (Å²) in [7, 11) is 0. The van der Waals surface area contributed by atoms with Gasteiger partial charge in [0.2, 0.25) is 5.43 Å². The molecule has 4 nitrogen and oxygen atoms in total. The minimum absolute atomic E-state index is 0.107. The average molecular weight is 260 g/mol. The van der Waals surface area contributed by atoms with Crippen LogP contribution in [0.4, 0.5) is 4.39 Å². The number of amides is 1. The lowest BCUT2D eigenvalue weighted by molar-refractivity contribution is 0.0999. The second-order valence-corrected chi connectivity index (χ2v) is 4.35. The van der Waals surface area contributed by atoms with Gasteiger partial charge in [0, 0.05) is 17.5 Å². The lowest BCUT2D eigenvalue weighted by Crippen LogP contribution is -2.24. The standard InChI is InChI=1S/C14H13FN2O2/c1-7-5-9(15)3-4-10(7)12-8(2)17-6-11(13(12)18)14(16)19/h3-6H,1-2H3,(H2,16,19)(H,17,18). The van der Waals surface area contributed by atoms with Crippen LogP contribution in [0.1, 0.15) is 21.6 Å². The van der Waals surface area contributed by atoms with E-state index in [2.05, 4.69) is 4.98 Å². The number of primary amides is 1. The zero-order valence-electron chi connectivity index (χ0n) is 10.6. The molecule has 1 amide bonds. The molecule has 0 saturated heterocycles. The smallest absolute Gasteiger partial charge is 0.254 e. The van der Waals surface area contributed by atoms with Crippen molar-refractivity contribution < 1.29 is 9.18 Å². The van der Waals surface area contributed by atoms with Gasteiger partial charge in [-0.25, -0.2) is 4.39 Å². The molecular formula is C14H13FN2O2. The Morgan fingerprint density at radius 2 is 2.00 bits per heavy atom. The fourth-order valence-electron chi connectivity index (χ4n) is 2.04. The number of pyridine rings is 1. The predicted octanol–water partition coefficient (Wildman–Crippen LogP) is 1.90. The minimum Gasteiger partial charge on any atom is -0.365 e. The highest BCUT2D eigenvalue weighted by molar-refractivity contribution is 5.93. The topological polar surface area (TPSA) is 76.0 Å². The van der Waals surface area contributed by atoms with Crippen molar-refractivity contribution in [2.45, 2.75) is 13.8 Å². The quantitative estimate of drug-likeness (QED) is 0.865. The Morgan fingerprint density at radius 1 is 1.32 bits per heavy atom. The highest BCUT2D eigenvalue weighted by Crippen LogP contribution is 2.23. The molecule has 2 aromatic rings. The van der Waals surface area contributed by atoms with E-state index in [9.17, 15) is 14.0 Å². The maximum absolute atomic E-state index is 13.1. The third-order valence-corrected chi connectivity index (χ3v) is 3.00. The third-order valence-electron chi connectivity index (χ3n) is 3.00. The summed E-state index contributed by atoms with van der Waals surface area (Å²) in [6.45, 7) is 3.42. The van der Waals surface area contributed by atoms with E-state index in [1.165, 1.54) is 24.4 Å². The van der Waals surface area contributed by atoms with Crippen LogP contribution in [0.25, 0.3) is 11.1 Å². The summed E-state index contributed by atoms with van der Waals surface area (Å²) in [5.74, 6) is -1.16. The fourth-order valence-corrected chi connectivity index (χ4v) is 2.04. The van der Waals surface area contributed by atoms with E-state index in [0.29, 0.717) is 22.4 Å². The molecule has 0 bridgehead atoms. The molecule has 0 spiro atoms. The SMILES string of the molecule is Cc1cc(F)ccc1-c1c(C)[nH]cc(C(N)=O)c1=O. The van der Waals surface area contributed by atoms with Crippen molar-refractivity contribution in [3.63, 3.8) is 0 Å². The van der Waals surface area contributed by atoms with Crippen LogP contribution in [-0.4, -0.2) is 10.9 Å². The molecule has 0 atom stereocenters. The number of hydrogen-bond acceptors (Lipinski definition) is 2. The zero-order chi connectivity index (χ0) is 14.2. The Balaban J connectivity index is 2.78. The number of aryl methyl sites for hydroxylation is 2. The molecule has 2 rings (SSSR count). The van der Waals surface area contributed by atoms with Gasteiger partial charge in [0.25, 0.3) is 5.91 Å². The van der Waals surface area contributed by atoms with Gasteiger partial charge in [0.05, 0.1) is 0 Å². The Labute approximate surface area is 109 Å². The first kappa shape index (κ1) is 13.0. The van der Waals surface area contributed by atoms with Gasteiger partial charge in [-0.1, -0.05) is 6.07 Å². The van der Waals surface area contributed by atoms with E-state index >= 15 is 0 Å². The van der Waals surface area contributed by atoms with Crippen molar-refractivity contribution in [1.82, 2.24) is 4.98 Å². The largest absolute Gasteiger partial charge is 0.365 e. The summed E-state index contributed by atoms with van der Waals surface area (Å²) in [6.07, 6.45) is 1.29. The van der Waals surface area contributed by atoms with Gasteiger partial charge in [-0.15, -0.1) is 0 Å². The minimum atomic E-state index is -0.790. The highest BCUT2D eigenvalue weighted by Gasteiger charge is 2.16. The van der Waals surface area contributed by atoms with E-state index in [1.54, 1.807) is 13.8 Å². The number of rotatable bonds is 2. The van der Waals surface area contributed by atoms with E-state index in [0.717, 1.165) is 0 Å².